The highest BCUT2D eigenvalue weighted by Gasteiger charge is 2.18. The maximum absolute atomic E-state index is 9.70. The predicted molar refractivity (Wildman–Crippen MR) is 125 cm³/mol. The highest BCUT2D eigenvalue weighted by molar-refractivity contribution is 5.64. The molecule has 0 amide bonds. The molecule has 2 aromatic heterocycles. The van der Waals surface area contributed by atoms with Crippen molar-refractivity contribution in [3.63, 3.8) is 0 Å². The third-order valence-corrected chi connectivity index (χ3v) is 5.77. The Kier molecular flexibility index (Phi) is 6.59. The summed E-state index contributed by atoms with van der Waals surface area (Å²) < 4.78 is 18.5. The van der Waals surface area contributed by atoms with Crippen LogP contribution in [0.3, 0.4) is 0 Å². The molecule has 10 nitrogen and oxygen atoms in total. The lowest BCUT2D eigenvalue weighted by molar-refractivity contribution is 0.0254. The van der Waals surface area contributed by atoms with E-state index in [1.54, 1.807) is 18.0 Å². The van der Waals surface area contributed by atoms with Crippen LogP contribution in [0.5, 0.6) is 11.5 Å². The second kappa shape index (κ2) is 10.3. The van der Waals surface area contributed by atoms with Gasteiger partial charge in [0.2, 0.25) is 0 Å². The first-order chi connectivity index (χ1) is 17.2. The van der Waals surface area contributed by atoms with Crippen LogP contribution in [0, 0.1) is 11.3 Å². The smallest absolute Gasteiger partial charge is 0.144 e. The zero-order valence-electron chi connectivity index (χ0n) is 19.2. The third-order valence-electron chi connectivity index (χ3n) is 5.77. The van der Waals surface area contributed by atoms with Crippen molar-refractivity contribution in [1.29, 1.82) is 5.26 Å². The standard InChI is InChI=1S/C25H23N7O3/c1-33-24-12-17(2-4-22(24)32-16-28-30-31-32)13-25-27-9-6-21(29-25)18-3-5-23(19(14-18)15-26)35-20-7-10-34-11-8-20/h2-6,9,12,14,16,20H,7-8,10-11,13H2,1H3. The van der Waals surface area contributed by atoms with Crippen molar-refractivity contribution in [2.75, 3.05) is 20.3 Å². The Hall–Kier alpha value is -4.36. The molecule has 5 rings (SSSR count). The maximum Gasteiger partial charge on any atom is 0.144 e. The van der Waals surface area contributed by atoms with Crippen LogP contribution in [-0.4, -0.2) is 56.6 Å². The van der Waals surface area contributed by atoms with Gasteiger partial charge >= 0.3 is 0 Å². The summed E-state index contributed by atoms with van der Waals surface area (Å²) in [5, 5.41) is 21.0. The molecule has 35 heavy (non-hydrogen) atoms. The Labute approximate surface area is 202 Å². The molecule has 1 aliphatic rings. The summed E-state index contributed by atoms with van der Waals surface area (Å²) in [6.07, 6.45) is 5.46. The Morgan fingerprint density at radius 3 is 2.77 bits per heavy atom. The molecule has 0 N–H and O–H groups in total. The molecular formula is C25H23N7O3. The van der Waals surface area contributed by atoms with Crippen LogP contribution in [-0.2, 0) is 11.2 Å². The van der Waals surface area contributed by atoms with E-state index in [0.29, 0.717) is 42.5 Å². The summed E-state index contributed by atoms with van der Waals surface area (Å²) in [6, 6.07) is 15.4. The minimum atomic E-state index is 0.0663. The lowest BCUT2D eigenvalue weighted by Crippen LogP contribution is -2.26. The van der Waals surface area contributed by atoms with E-state index in [-0.39, 0.29) is 6.10 Å². The van der Waals surface area contributed by atoms with E-state index in [1.807, 2.05) is 42.5 Å². The highest BCUT2D eigenvalue weighted by Crippen LogP contribution is 2.28. The van der Waals surface area contributed by atoms with E-state index in [9.17, 15) is 5.26 Å². The van der Waals surface area contributed by atoms with Crippen LogP contribution < -0.4 is 9.47 Å². The molecule has 2 aromatic carbocycles. The number of rotatable bonds is 7. The average molecular weight is 470 g/mol. The van der Waals surface area contributed by atoms with E-state index >= 15 is 0 Å². The molecule has 0 unspecified atom stereocenters. The van der Waals surface area contributed by atoms with Gasteiger partial charge in [0.1, 0.15) is 41.5 Å². The van der Waals surface area contributed by atoms with Crippen LogP contribution in [0.15, 0.2) is 55.0 Å². The second-order valence-electron chi connectivity index (χ2n) is 8.05. The van der Waals surface area contributed by atoms with Crippen molar-refractivity contribution in [3.05, 3.63) is 71.9 Å². The van der Waals surface area contributed by atoms with Gasteiger partial charge in [-0.3, -0.25) is 0 Å². The molecule has 176 valence electrons. The molecule has 1 aliphatic heterocycles. The lowest BCUT2D eigenvalue weighted by Gasteiger charge is -2.23. The Balaban J connectivity index is 1.36. The minimum absolute atomic E-state index is 0.0663. The predicted octanol–water partition coefficient (Wildman–Crippen LogP) is 3.15. The van der Waals surface area contributed by atoms with E-state index in [2.05, 4.69) is 26.6 Å². The third kappa shape index (κ3) is 5.10. The average Bonchev–Trinajstić information content (AvgIpc) is 3.44. The summed E-state index contributed by atoms with van der Waals surface area (Å²) in [7, 11) is 1.60. The molecule has 1 fully saturated rings. The van der Waals surface area contributed by atoms with Gasteiger partial charge in [0.15, 0.2) is 0 Å². The summed E-state index contributed by atoms with van der Waals surface area (Å²) in [4.78, 5) is 9.17. The number of hydrogen-bond acceptors (Lipinski definition) is 9. The van der Waals surface area contributed by atoms with E-state index in [0.717, 1.165) is 35.3 Å². The first-order valence-electron chi connectivity index (χ1n) is 11.2. The lowest BCUT2D eigenvalue weighted by atomic mass is 10.1. The molecule has 1 saturated heterocycles. The van der Waals surface area contributed by atoms with Crippen LogP contribution in [0.1, 0.15) is 29.8 Å². The van der Waals surface area contributed by atoms with Crippen molar-refractivity contribution >= 4 is 0 Å². The van der Waals surface area contributed by atoms with Gasteiger partial charge in [0.05, 0.1) is 31.6 Å². The Morgan fingerprint density at radius 1 is 1.11 bits per heavy atom. The van der Waals surface area contributed by atoms with Crippen molar-refractivity contribution in [1.82, 2.24) is 30.2 Å². The molecule has 0 atom stereocenters. The van der Waals surface area contributed by atoms with Gasteiger partial charge in [0, 0.05) is 31.0 Å². The van der Waals surface area contributed by atoms with Crippen LogP contribution in [0.2, 0.25) is 0 Å². The Morgan fingerprint density at radius 2 is 2.00 bits per heavy atom. The van der Waals surface area contributed by atoms with Gasteiger partial charge < -0.3 is 14.2 Å². The Bertz CT molecular complexity index is 1350. The maximum atomic E-state index is 9.70. The van der Waals surface area contributed by atoms with Gasteiger partial charge in [0.25, 0.3) is 0 Å². The number of aromatic nitrogens is 6. The summed E-state index contributed by atoms with van der Waals surface area (Å²) in [6.45, 7) is 1.36. The van der Waals surface area contributed by atoms with Gasteiger partial charge in [-0.2, -0.15) is 9.94 Å². The van der Waals surface area contributed by atoms with Crippen molar-refractivity contribution in [2.45, 2.75) is 25.4 Å². The topological polar surface area (TPSA) is 121 Å². The summed E-state index contributed by atoms with van der Waals surface area (Å²) in [5.74, 6) is 1.89. The molecule has 3 heterocycles. The number of methoxy groups -OCH3 is 1. The molecule has 0 aliphatic carbocycles. The fourth-order valence-electron chi connectivity index (χ4n) is 3.97. The molecule has 4 aromatic rings. The molecule has 0 spiro atoms. The molecule has 0 radical (unpaired) electrons. The number of tetrazole rings is 1. The molecule has 0 bridgehead atoms. The normalized spacial score (nSPS) is 13.8. The highest BCUT2D eigenvalue weighted by atomic mass is 16.5. The second-order valence-corrected chi connectivity index (χ2v) is 8.05. The number of benzene rings is 2. The zero-order valence-corrected chi connectivity index (χ0v) is 19.2. The van der Waals surface area contributed by atoms with E-state index in [1.165, 1.54) is 6.33 Å². The molecular weight excluding hydrogens is 446 g/mol. The number of nitriles is 1. The summed E-state index contributed by atoms with van der Waals surface area (Å²) in [5.41, 5.74) is 3.77. The van der Waals surface area contributed by atoms with Crippen molar-refractivity contribution < 1.29 is 14.2 Å². The fraction of sp³-hybridized carbons (Fsp3) is 0.280. The van der Waals surface area contributed by atoms with Crippen molar-refractivity contribution in [3.8, 4) is 34.5 Å². The zero-order chi connectivity index (χ0) is 24.0. The van der Waals surface area contributed by atoms with E-state index < -0.39 is 0 Å². The largest absolute Gasteiger partial charge is 0.494 e. The van der Waals surface area contributed by atoms with E-state index in [4.69, 9.17) is 19.2 Å². The number of ether oxygens (including phenoxy) is 3. The summed E-state index contributed by atoms with van der Waals surface area (Å²) >= 11 is 0. The van der Waals surface area contributed by atoms with Crippen LogP contribution in [0.25, 0.3) is 16.9 Å². The monoisotopic (exact) mass is 469 g/mol. The van der Waals surface area contributed by atoms with Crippen LogP contribution >= 0.6 is 0 Å². The quantitative estimate of drug-likeness (QED) is 0.402. The van der Waals surface area contributed by atoms with Gasteiger partial charge in [-0.15, -0.1) is 5.10 Å². The van der Waals surface area contributed by atoms with Gasteiger partial charge in [-0.1, -0.05) is 6.07 Å². The SMILES string of the molecule is COc1cc(Cc2nccc(-c3ccc(OC4CCOCC4)c(C#N)c3)n2)ccc1-n1cnnn1. The number of hydrogen-bond donors (Lipinski definition) is 0. The van der Waals surface area contributed by atoms with Crippen LogP contribution in [0.4, 0.5) is 0 Å². The minimum Gasteiger partial charge on any atom is -0.494 e. The van der Waals surface area contributed by atoms with Gasteiger partial charge in [-0.05, 0) is 52.4 Å². The first kappa shape index (κ1) is 22.4. The fourth-order valence-corrected chi connectivity index (χ4v) is 3.97. The van der Waals surface area contributed by atoms with Crippen molar-refractivity contribution in [2.24, 2.45) is 0 Å². The van der Waals surface area contributed by atoms with Gasteiger partial charge in [-0.25, -0.2) is 9.97 Å². The molecule has 0 saturated carbocycles. The first-order valence-corrected chi connectivity index (χ1v) is 11.2. The number of nitrogens with zero attached hydrogens (tertiary/aromatic N) is 7. The molecule has 10 heteroatoms.